The van der Waals surface area contributed by atoms with Crippen LogP contribution in [0.1, 0.15) is 35.4 Å². The monoisotopic (exact) mass is 395 g/mol. The summed E-state index contributed by atoms with van der Waals surface area (Å²) in [4.78, 5) is 27.0. The first-order valence-electron chi connectivity index (χ1n) is 8.43. The predicted octanol–water partition coefficient (Wildman–Crippen LogP) is 4.11. The highest BCUT2D eigenvalue weighted by Gasteiger charge is 2.32. The quantitative estimate of drug-likeness (QED) is 0.545. The van der Waals surface area contributed by atoms with E-state index in [-0.39, 0.29) is 17.6 Å². The molecule has 0 saturated carbocycles. The number of nitrogens with zero attached hydrogens (tertiary/aromatic N) is 1. The number of ketones is 1. The first-order valence-corrected chi connectivity index (χ1v) is 9.78. The number of Topliss-reactive ketones (excluding diaryl/α,β-unsaturated/α-hetero) is 1. The van der Waals surface area contributed by atoms with Gasteiger partial charge < -0.3 is 4.74 Å². The van der Waals surface area contributed by atoms with Crippen molar-refractivity contribution < 1.29 is 18.7 Å². The fraction of sp³-hybridized carbons (Fsp3) is 0.368. The second-order valence-electron chi connectivity index (χ2n) is 6.09. The molecule has 0 radical (unpaired) electrons. The lowest BCUT2D eigenvalue weighted by molar-refractivity contribution is -0.133. The molecule has 0 amide bonds. The van der Waals surface area contributed by atoms with Crippen molar-refractivity contribution in [2.45, 2.75) is 32.4 Å². The van der Waals surface area contributed by atoms with Gasteiger partial charge >= 0.3 is 5.97 Å². The maximum absolute atomic E-state index is 14.3. The summed E-state index contributed by atoms with van der Waals surface area (Å²) in [6, 6.07) is 7.42. The third-order valence-electron chi connectivity index (χ3n) is 4.38. The van der Waals surface area contributed by atoms with E-state index in [2.05, 4.69) is 0 Å². The van der Waals surface area contributed by atoms with Gasteiger partial charge in [-0.2, -0.15) is 0 Å². The van der Waals surface area contributed by atoms with Gasteiger partial charge in [-0.25, -0.2) is 4.39 Å². The molecule has 0 aliphatic carbocycles. The second kappa shape index (κ2) is 8.29. The Kier molecular flexibility index (Phi) is 6.06. The number of alkyl halides is 1. The third-order valence-corrected chi connectivity index (χ3v) is 5.76. The smallest absolute Gasteiger partial charge is 0.311 e. The molecule has 26 heavy (non-hydrogen) atoms. The number of hydrogen-bond acceptors (Lipinski definition) is 5. The fourth-order valence-corrected chi connectivity index (χ4v) is 4.30. The number of ether oxygens (including phenoxy) is 1. The van der Waals surface area contributed by atoms with Gasteiger partial charge in [0.25, 0.3) is 0 Å². The summed E-state index contributed by atoms with van der Waals surface area (Å²) in [7, 11) is 0. The van der Waals surface area contributed by atoms with E-state index in [0.717, 1.165) is 10.4 Å². The van der Waals surface area contributed by atoms with E-state index in [1.54, 1.807) is 25.1 Å². The Hall–Kier alpha value is -1.76. The number of halogens is 2. The number of esters is 1. The van der Waals surface area contributed by atoms with Crippen LogP contribution in [0.3, 0.4) is 0 Å². The zero-order chi connectivity index (χ0) is 18.7. The Balaban J connectivity index is 1.86. The molecule has 4 nitrogen and oxygen atoms in total. The molecule has 1 unspecified atom stereocenters. The average Bonchev–Trinajstić information content (AvgIpc) is 3.04. The lowest BCUT2D eigenvalue weighted by atomic mass is 9.98. The molecule has 1 aliphatic heterocycles. The maximum Gasteiger partial charge on any atom is 0.311 e. The van der Waals surface area contributed by atoms with Crippen LogP contribution in [-0.4, -0.2) is 29.1 Å². The van der Waals surface area contributed by atoms with Crippen molar-refractivity contribution in [2.24, 2.45) is 0 Å². The number of benzene rings is 1. The van der Waals surface area contributed by atoms with E-state index in [9.17, 15) is 14.0 Å². The molecule has 0 fully saturated rings. The fourth-order valence-electron chi connectivity index (χ4n) is 3.13. The van der Waals surface area contributed by atoms with Gasteiger partial charge in [0.1, 0.15) is 5.82 Å². The molecule has 1 aromatic heterocycles. The van der Waals surface area contributed by atoms with Crippen LogP contribution in [0.15, 0.2) is 30.3 Å². The lowest BCUT2D eigenvalue weighted by Crippen LogP contribution is -2.38. The Bertz CT molecular complexity index is 823. The normalized spacial score (nSPS) is 15.3. The topological polar surface area (TPSA) is 46.6 Å². The highest BCUT2D eigenvalue weighted by molar-refractivity contribution is 7.14. The van der Waals surface area contributed by atoms with E-state index in [1.165, 1.54) is 17.4 Å². The lowest BCUT2D eigenvalue weighted by Gasteiger charge is -2.33. The zero-order valence-corrected chi connectivity index (χ0v) is 15.9. The van der Waals surface area contributed by atoms with Gasteiger partial charge in [-0.3, -0.25) is 14.5 Å². The first-order chi connectivity index (χ1) is 12.5. The van der Waals surface area contributed by atoms with Gasteiger partial charge in [0, 0.05) is 30.0 Å². The Morgan fingerprint density at radius 2 is 2.15 bits per heavy atom. The van der Waals surface area contributed by atoms with Crippen LogP contribution in [0.4, 0.5) is 4.39 Å². The number of carbonyl (C=O) groups is 2. The van der Waals surface area contributed by atoms with Gasteiger partial charge in [-0.1, -0.05) is 25.1 Å². The summed E-state index contributed by atoms with van der Waals surface area (Å²) in [6.07, 6.45) is 1.03. The van der Waals surface area contributed by atoms with E-state index in [4.69, 9.17) is 16.3 Å². The van der Waals surface area contributed by atoms with E-state index >= 15 is 0 Å². The average molecular weight is 396 g/mol. The van der Waals surface area contributed by atoms with Gasteiger partial charge in [0.2, 0.25) is 0 Å². The van der Waals surface area contributed by atoms with Crippen LogP contribution >= 0.6 is 22.9 Å². The second-order valence-corrected chi connectivity index (χ2v) is 7.45. The number of thiophene rings is 1. The highest BCUT2D eigenvalue weighted by atomic mass is 35.5. The van der Waals surface area contributed by atoms with Crippen molar-refractivity contribution in [3.8, 4) is 5.06 Å². The molecule has 0 bridgehead atoms. The number of fused-ring (bicyclic) bond motifs is 1. The third kappa shape index (κ3) is 3.98. The van der Waals surface area contributed by atoms with Gasteiger partial charge in [-0.05, 0) is 24.1 Å². The van der Waals surface area contributed by atoms with Crippen molar-refractivity contribution in [3.05, 3.63) is 52.2 Å². The van der Waals surface area contributed by atoms with Crippen LogP contribution in [0.5, 0.6) is 5.06 Å². The minimum atomic E-state index is -0.719. The number of rotatable bonds is 6. The van der Waals surface area contributed by atoms with Crippen LogP contribution in [0, 0.1) is 5.82 Å². The van der Waals surface area contributed by atoms with Crippen molar-refractivity contribution >= 4 is 34.7 Å². The Morgan fingerprint density at radius 3 is 2.85 bits per heavy atom. The van der Waals surface area contributed by atoms with Crippen molar-refractivity contribution in [1.82, 2.24) is 4.90 Å². The molecule has 2 aromatic rings. The van der Waals surface area contributed by atoms with Crippen LogP contribution in [-0.2, 0) is 22.6 Å². The molecule has 0 saturated heterocycles. The molecule has 1 atom stereocenters. The molecular formula is C19H19ClFNO3S. The molecule has 1 aliphatic rings. The van der Waals surface area contributed by atoms with E-state index < -0.39 is 11.9 Å². The summed E-state index contributed by atoms with van der Waals surface area (Å²) in [6.45, 7) is 2.84. The van der Waals surface area contributed by atoms with E-state index in [1.807, 2.05) is 11.0 Å². The van der Waals surface area contributed by atoms with Crippen molar-refractivity contribution in [1.29, 1.82) is 0 Å². The SMILES string of the molecule is CCC(=O)Oc1cc2c(s1)CCN(C(C(=O)CCl)c1ccccc1F)C2. The summed E-state index contributed by atoms with van der Waals surface area (Å²) in [5, 5.41) is 0.565. The predicted molar refractivity (Wildman–Crippen MR) is 99.2 cm³/mol. The molecule has 3 rings (SSSR count). The van der Waals surface area contributed by atoms with Gasteiger partial charge in [0.15, 0.2) is 10.8 Å². The molecule has 138 valence electrons. The molecule has 2 heterocycles. The Labute approximate surface area is 160 Å². The minimum Gasteiger partial charge on any atom is -0.415 e. The van der Waals surface area contributed by atoms with Crippen LogP contribution < -0.4 is 4.74 Å². The zero-order valence-electron chi connectivity index (χ0n) is 14.3. The summed E-state index contributed by atoms with van der Waals surface area (Å²) in [5.41, 5.74) is 1.35. The molecule has 1 aromatic carbocycles. The number of carbonyl (C=O) groups excluding carboxylic acids is 2. The Morgan fingerprint density at radius 1 is 1.38 bits per heavy atom. The molecule has 0 N–H and O–H groups in total. The molecule has 0 spiro atoms. The largest absolute Gasteiger partial charge is 0.415 e. The first kappa shape index (κ1) is 19.0. The minimum absolute atomic E-state index is 0.175. The van der Waals surface area contributed by atoms with Gasteiger partial charge in [-0.15, -0.1) is 22.9 Å². The summed E-state index contributed by atoms with van der Waals surface area (Å²) >= 11 is 7.24. The summed E-state index contributed by atoms with van der Waals surface area (Å²) in [5.74, 6) is -1.09. The molecule has 7 heteroatoms. The summed E-state index contributed by atoms with van der Waals surface area (Å²) < 4.78 is 19.6. The van der Waals surface area contributed by atoms with Gasteiger partial charge in [0.05, 0.1) is 11.9 Å². The van der Waals surface area contributed by atoms with Crippen molar-refractivity contribution in [2.75, 3.05) is 12.4 Å². The van der Waals surface area contributed by atoms with Crippen molar-refractivity contribution in [3.63, 3.8) is 0 Å². The van der Waals surface area contributed by atoms with E-state index in [0.29, 0.717) is 36.6 Å². The highest BCUT2D eigenvalue weighted by Crippen LogP contribution is 2.37. The number of hydrogen-bond donors (Lipinski definition) is 0. The van der Waals surface area contributed by atoms with Crippen LogP contribution in [0.2, 0.25) is 0 Å². The molecular weight excluding hydrogens is 377 g/mol. The van der Waals surface area contributed by atoms with Crippen LogP contribution in [0.25, 0.3) is 0 Å². The maximum atomic E-state index is 14.3. The standard InChI is InChI=1S/C19H19ClFNO3S/c1-2-17(24)25-18-9-12-11-22(8-7-16(12)26-18)19(15(23)10-20)13-5-3-4-6-14(13)21/h3-6,9,19H,2,7-8,10-11H2,1H3.